The van der Waals surface area contributed by atoms with Gasteiger partial charge in [0, 0.05) is 19.0 Å². The molecular formula is C19H30N2O4S. The molecule has 1 aromatic heterocycles. The monoisotopic (exact) mass is 382 g/mol. The summed E-state index contributed by atoms with van der Waals surface area (Å²) < 4.78 is 0. The van der Waals surface area contributed by atoms with Crippen molar-refractivity contribution in [2.75, 3.05) is 13.1 Å². The molecule has 0 unspecified atom stereocenters. The lowest BCUT2D eigenvalue weighted by molar-refractivity contribution is -0.163. The van der Waals surface area contributed by atoms with Crippen LogP contribution in [0.25, 0.3) is 0 Å². The van der Waals surface area contributed by atoms with Gasteiger partial charge in [-0.15, -0.1) is 11.3 Å². The van der Waals surface area contributed by atoms with Crippen molar-refractivity contribution >= 4 is 23.2 Å². The van der Waals surface area contributed by atoms with E-state index < -0.39 is 17.5 Å². The molecular weight excluding hydrogens is 352 g/mol. The number of aliphatic hydroxyl groups is 1. The van der Waals surface area contributed by atoms with E-state index in [4.69, 9.17) is 0 Å². The van der Waals surface area contributed by atoms with E-state index in [0.717, 1.165) is 5.01 Å². The molecule has 0 bridgehead atoms. The Labute approximate surface area is 159 Å². The first-order chi connectivity index (χ1) is 12.1. The number of aliphatic carboxylic acids is 1. The van der Waals surface area contributed by atoms with Gasteiger partial charge in [0.2, 0.25) is 0 Å². The van der Waals surface area contributed by atoms with Gasteiger partial charge in [-0.2, -0.15) is 0 Å². The molecule has 6 nitrogen and oxygen atoms in total. The van der Waals surface area contributed by atoms with Gasteiger partial charge in [-0.05, 0) is 32.1 Å². The van der Waals surface area contributed by atoms with Crippen molar-refractivity contribution in [2.45, 2.75) is 65.9 Å². The van der Waals surface area contributed by atoms with E-state index in [1.54, 1.807) is 4.90 Å². The number of piperidine rings is 1. The average molecular weight is 383 g/mol. The second-order valence-electron chi connectivity index (χ2n) is 8.05. The number of amides is 1. The smallest absolute Gasteiger partial charge is 0.314 e. The van der Waals surface area contributed by atoms with Crippen molar-refractivity contribution in [3.8, 4) is 0 Å². The van der Waals surface area contributed by atoms with Gasteiger partial charge >= 0.3 is 5.97 Å². The normalized spacial score (nSPS) is 23.7. The predicted molar refractivity (Wildman–Crippen MR) is 102 cm³/mol. The minimum atomic E-state index is -1.29. The van der Waals surface area contributed by atoms with Gasteiger partial charge in [-0.3, -0.25) is 9.59 Å². The highest BCUT2D eigenvalue weighted by Crippen LogP contribution is 2.38. The number of carbonyl (C=O) groups is 2. The van der Waals surface area contributed by atoms with Crippen LogP contribution in [-0.4, -0.2) is 51.2 Å². The highest BCUT2D eigenvalue weighted by molar-refractivity contribution is 7.13. The number of rotatable bonds is 6. The molecule has 0 saturated carbocycles. The fourth-order valence-corrected chi connectivity index (χ4v) is 4.41. The molecule has 2 N–H and O–H groups in total. The fourth-order valence-electron chi connectivity index (χ4n) is 3.37. The number of aryl methyl sites for hydroxylation is 1. The highest BCUT2D eigenvalue weighted by Gasteiger charge is 2.50. The van der Waals surface area contributed by atoms with E-state index in [2.05, 4.69) is 4.98 Å². The van der Waals surface area contributed by atoms with Gasteiger partial charge in [-0.25, -0.2) is 4.98 Å². The van der Waals surface area contributed by atoms with Crippen molar-refractivity contribution in [2.24, 2.45) is 11.3 Å². The zero-order valence-corrected chi connectivity index (χ0v) is 17.1. The molecule has 0 aromatic carbocycles. The van der Waals surface area contributed by atoms with Crippen molar-refractivity contribution in [3.05, 3.63) is 15.6 Å². The molecule has 7 heteroatoms. The van der Waals surface area contributed by atoms with Crippen LogP contribution in [0.3, 0.4) is 0 Å². The molecule has 0 spiro atoms. The van der Waals surface area contributed by atoms with E-state index in [9.17, 15) is 19.8 Å². The van der Waals surface area contributed by atoms with Crippen molar-refractivity contribution in [3.63, 3.8) is 0 Å². The largest absolute Gasteiger partial charge is 0.481 e. The summed E-state index contributed by atoms with van der Waals surface area (Å²) in [5, 5.41) is 21.3. The molecule has 1 aliphatic heterocycles. The Bertz CT molecular complexity index is 670. The molecule has 26 heavy (non-hydrogen) atoms. The zero-order chi connectivity index (χ0) is 19.6. The highest BCUT2D eigenvalue weighted by atomic mass is 32.1. The third-order valence-electron chi connectivity index (χ3n) is 5.17. The summed E-state index contributed by atoms with van der Waals surface area (Å²) in [6, 6.07) is 0. The lowest BCUT2D eigenvalue weighted by Crippen LogP contribution is -2.57. The van der Waals surface area contributed by atoms with Gasteiger partial charge in [0.05, 0.1) is 16.8 Å². The topological polar surface area (TPSA) is 90.7 Å². The average Bonchev–Trinajstić information content (AvgIpc) is 2.95. The lowest BCUT2D eigenvalue weighted by atomic mass is 9.72. The van der Waals surface area contributed by atoms with Gasteiger partial charge in [0.25, 0.3) is 5.91 Å². The summed E-state index contributed by atoms with van der Waals surface area (Å²) in [6.07, 6.45) is 0.411. The molecule has 2 heterocycles. The maximum Gasteiger partial charge on any atom is 0.314 e. The maximum absolute atomic E-state index is 13.0. The number of hydrogen-bond acceptors (Lipinski definition) is 5. The number of likely N-dealkylation sites (tertiary alicyclic amines) is 1. The summed E-state index contributed by atoms with van der Waals surface area (Å²) in [5.41, 5.74) is -0.601. The van der Waals surface area contributed by atoms with Crippen LogP contribution in [0.15, 0.2) is 0 Å². The first-order valence-corrected chi connectivity index (χ1v) is 10.1. The predicted octanol–water partition coefficient (Wildman–Crippen LogP) is 3.29. The van der Waals surface area contributed by atoms with E-state index in [0.29, 0.717) is 35.9 Å². The third kappa shape index (κ3) is 4.09. The summed E-state index contributed by atoms with van der Waals surface area (Å²) in [7, 11) is 0. The van der Waals surface area contributed by atoms with Gasteiger partial charge in [0.1, 0.15) is 10.3 Å². The minimum absolute atomic E-state index is 0.0450. The van der Waals surface area contributed by atoms with Gasteiger partial charge < -0.3 is 15.1 Å². The number of hydrogen-bond donors (Lipinski definition) is 2. The molecule has 1 fully saturated rings. The summed E-state index contributed by atoms with van der Waals surface area (Å²) in [4.78, 5) is 31.7. The Morgan fingerprint density at radius 2 is 2.00 bits per heavy atom. The van der Waals surface area contributed by atoms with Crippen LogP contribution in [0.5, 0.6) is 0 Å². The number of thiazole rings is 1. The molecule has 1 aliphatic rings. The van der Waals surface area contributed by atoms with Gasteiger partial charge in [-0.1, -0.05) is 27.7 Å². The second-order valence-corrected chi connectivity index (χ2v) is 9.08. The molecule has 1 saturated heterocycles. The van der Waals surface area contributed by atoms with Crippen LogP contribution in [0.1, 0.15) is 73.2 Å². The molecule has 0 aliphatic carbocycles. The van der Waals surface area contributed by atoms with Crippen LogP contribution in [0, 0.1) is 18.3 Å². The van der Waals surface area contributed by atoms with E-state index in [-0.39, 0.29) is 24.8 Å². The van der Waals surface area contributed by atoms with Gasteiger partial charge in [0.15, 0.2) is 0 Å². The van der Waals surface area contributed by atoms with Crippen LogP contribution >= 0.6 is 11.3 Å². The molecule has 2 rings (SSSR count). The standard InChI is InChI=1S/C19H30N2O4S/c1-11(2)6-8-19(18(24)25)10-21(9-7-14(19)22)17(23)15-13(5)20-16(26-15)12(3)4/h11-12,14,22H,6-10H2,1-5H3,(H,24,25)/t14-,19-/m1/s1. The maximum atomic E-state index is 13.0. The number of nitrogens with zero attached hydrogens (tertiary/aromatic N) is 2. The number of aliphatic hydroxyl groups excluding tert-OH is 1. The van der Waals surface area contributed by atoms with E-state index in [1.807, 2.05) is 34.6 Å². The van der Waals surface area contributed by atoms with Crippen LogP contribution < -0.4 is 0 Å². The van der Waals surface area contributed by atoms with Crippen molar-refractivity contribution < 1.29 is 19.8 Å². The molecule has 0 radical (unpaired) electrons. The van der Waals surface area contributed by atoms with E-state index in [1.165, 1.54) is 11.3 Å². The van der Waals surface area contributed by atoms with Crippen molar-refractivity contribution in [1.82, 2.24) is 9.88 Å². The second kappa shape index (κ2) is 8.05. The fraction of sp³-hybridized carbons (Fsp3) is 0.737. The molecule has 146 valence electrons. The third-order valence-corrected chi connectivity index (χ3v) is 6.61. The number of carboxylic acid groups (broad SMARTS) is 1. The van der Waals surface area contributed by atoms with Crippen LogP contribution in [0.2, 0.25) is 0 Å². The number of aromatic nitrogens is 1. The lowest BCUT2D eigenvalue weighted by Gasteiger charge is -2.43. The number of carbonyl (C=O) groups excluding carboxylic acids is 1. The van der Waals surface area contributed by atoms with Crippen LogP contribution in [0.4, 0.5) is 0 Å². The zero-order valence-electron chi connectivity index (χ0n) is 16.3. The first kappa shape index (κ1) is 20.8. The summed E-state index contributed by atoms with van der Waals surface area (Å²) in [5.74, 6) is -0.615. The Morgan fingerprint density at radius 1 is 1.35 bits per heavy atom. The van der Waals surface area contributed by atoms with Crippen molar-refractivity contribution in [1.29, 1.82) is 0 Å². The Kier molecular flexibility index (Phi) is 6.45. The minimum Gasteiger partial charge on any atom is -0.481 e. The van der Waals surface area contributed by atoms with Crippen LogP contribution in [-0.2, 0) is 4.79 Å². The van der Waals surface area contributed by atoms with E-state index >= 15 is 0 Å². The number of carboxylic acids is 1. The molecule has 1 amide bonds. The Hall–Kier alpha value is -1.47. The Balaban J connectivity index is 2.27. The molecule has 2 atom stereocenters. The Morgan fingerprint density at radius 3 is 2.50 bits per heavy atom. The summed E-state index contributed by atoms with van der Waals surface area (Å²) >= 11 is 1.38. The molecule has 1 aromatic rings. The first-order valence-electron chi connectivity index (χ1n) is 9.26. The quantitative estimate of drug-likeness (QED) is 0.788. The summed E-state index contributed by atoms with van der Waals surface area (Å²) in [6.45, 7) is 10.4. The SMILES string of the molecule is Cc1nc(C(C)C)sc1C(=O)N1CC[C@@H](O)[C@](CCC(C)C)(C(=O)O)C1.